The lowest BCUT2D eigenvalue weighted by Gasteiger charge is -2.36. The van der Waals surface area contributed by atoms with E-state index in [9.17, 15) is 22.8 Å². The first-order valence-corrected chi connectivity index (χ1v) is 12.0. The number of nitriles is 1. The molecule has 2 fully saturated rings. The van der Waals surface area contributed by atoms with E-state index in [4.69, 9.17) is 11.0 Å². The molecule has 2 aromatic carbocycles. The number of piperidine rings is 1. The molecular formula is C27H29F3N4O2. The summed E-state index contributed by atoms with van der Waals surface area (Å²) in [4.78, 5) is 28.9. The van der Waals surface area contributed by atoms with E-state index in [2.05, 4.69) is 0 Å². The van der Waals surface area contributed by atoms with Crippen molar-refractivity contribution in [1.29, 1.82) is 5.26 Å². The standard InChI is InChI=1S/C27H29F3N4O2/c1-16-3-6-21(17(2)11-16)26(36)33-9-7-18(8-10-33)22-14-34(15-23(22)25(32)35)20-5-4-19(13-31)24(12-20)27(28,29)30/h3-6,11-12,18,22-23H,7-10,14-15H2,1-2H3,(H2,32,35)/t22-,23+/m0/s1. The predicted molar refractivity (Wildman–Crippen MR) is 129 cm³/mol. The van der Waals surface area contributed by atoms with E-state index in [0.29, 0.717) is 43.7 Å². The zero-order valence-corrected chi connectivity index (χ0v) is 20.3. The predicted octanol–water partition coefficient (Wildman–Crippen LogP) is 4.28. The second kappa shape index (κ2) is 9.84. The highest BCUT2D eigenvalue weighted by atomic mass is 19.4. The lowest BCUT2D eigenvalue weighted by molar-refractivity contribution is -0.137. The fourth-order valence-electron chi connectivity index (χ4n) is 5.63. The van der Waals surface area contributed by atoms with E-state index in [1.165, 1.54) is 12.1 Å². The Morgan fingerprint density at radius 1 is 1.06 bits per heavy atom. The average molecular weight is 499 g/mol. The fraction of sp³-hybridized carbons (Fsp3) is 0.444. The summed E-state index contributed by atoms with van der Waals surface area (Å²) in [5.41, 5.74) is 7.31. The Kier molecular flexibility index (Phi) is 6.98. The maximum Gasteiger partial charge on any atom is 0.417 e. The molecular weight excluding hydrogens is 469 g/mol. The number of primary amides is 1. The molecule has 0 unspecified atom stereocenters. The highest BCUT2D eigenvalue weighted by Gasteiger charge is 2.43. The van der Waals surface area contributed by atoms with Gasteiger partial charge in [-0.15, -0.1) is 0 Å². The first-order valence-electron chi connectivity index (χ1n) is 12.0. The minimum absolute atomic E-state index is 0.0114. The quantitative estimate of drug-likeness (QED) is 0.681. The number of likely N-dealkylation sites (tertiary alicyclic amines) is 1. The number of halogens is 3. The smallest absolute Gasteiger partial charge is 0.370 e. The second-order valence-electron chi connectivity index (χ2n) is 9.87. The number of rotatable bonds is 4. The molecule has 36 heavy (non-hydrogen) atoms. The molecule has 0 aromatic heterocycles. The van der Waals surface area contributed by atoms with Crippen LogP contribution < -0.4 is 10.6 Å². The van der Waals surface area contributed by atoms with E-state index in [1.807, 2.05) is 36.9 Å². The Morgan fingerprint density at radius 2 is 1.75 bits per heavy atom. The van der Waals surface area contributed by atoms with Gasteiger partial charge in [-0.2, -0.15) is 18.4 Å². The van der Waals surface area contributed by atoms with Crippen LogP contribution >= 0.6 is 0 Å². The number of nitrogens with two attached hydrogens (primary N) is 1. The van der Waals surface area contributed by atoms with Gasteiger partial charge in [0.05, 0.1) is 23.1 Å². The van der Waals surface area contributed by atoms with Gasteiger partial charge in [0.25, 0.3) is 5.91 Å². The van der Waals surface area contributed by atoms with Crippen molar-refractivity contribution in [2.75, 3.05) is 31.1 Å². The zero-order chi connectivity index (χ0) is 26.2. The first kappa shape index (κ1) is 25.5. The Hall–Kier alpha value is -3.54. The molecule has 2 saturated heterocycles. The van der Waals surface area contributed by atoms with E-state index in [-0.39, 0.29) is 24.3 Å². The zero-order valence-electron chi connectivity index (χ0n) is 20.3. The van der Waals surface area contributed by atoms with Gasteiger partial charge in [-0.1, -0.05) is 17.7 Å². The molecule has 2 N–H and O–H groups in total. The number of alkyl halides is 3. The summed E-state index contributed by atoms with van der Waals surface area (Å²) in [5.74, 6) is -0.979. The van der Waals surface area contributed by atoms with Crippen molar-refractivity contribution in [3.8, 4) is 6.07 Å². The van der Waals surface area contributed by atoms with Crippen molar-refractivity contribution >= 4 is 17.5 Å². The Labute approximate surface area is 208 Å². The molecule has 6 nitrogen and oxygen atoms in total. The van der Waals surface area contributed by atoms with E-state index in [1.54, 1.807) is 11.0 Å². The third-order valence-corrected chi connectivity index (χ3v) is 7.57. The van der Waals surface area contributed by atoms with Crippen molar-refractivity contribution in [2.45, 2.75) is 32.9 Å². The number of carbonyl (C=O) groups excluding carboxylic acids is 2. The van der Waals surface area contributed by atoms with E-state index < -0.39 is 29.1 Å². The first-order chi connectivity index (χ1) is 17.0. The highest BCUT2D eigenvalue weighted by Crippen LogP contribution is 2.40. The third kappa shape index (κ3) is 5.03. The molecule has 0 bridgehead atoms. The summed E-state index contributed by atoms with van der Waals surface area (Å²) in [7, 11) is 0. The third-order valence-electron chi connectivity index (χ3n) is 7.57. The van der Waals surface area contributed by atoms with E-state index >= 15 is 0 Å². The van der Waals surface area contributed by atoms with Crippen molar-refractivity contribution < 1.29 is 22.8 Å². The van der Waals surface area contributed by atoms with Gasteiger partial charge in [0.1, 0.15) is 0 Å². The summed E-state index contributed by atoms with van der Waals surface area (Å²) in [5, 5.41) is 9.07. The van der Waals surface area contributed by atoms with Gasteiger partial charge in [0.15, 0.2) is 0 Å². The number of nitrogens with zero attached hydrogens (tertiary/aromatic N) is 3. The van der Waals surface area contributed by atoms with Crippen LogP contribution in [0.4, 0.5) is 18.9 Å². The fourth-order valence-corrected chi connectivity index (χ4v) is 5.63. The van der Waals surface area contributed by atoms with Crippen LogP contribution in [0.3, 0.4) is 0 Å². The minimum atomic E-state index is -4.65. The normalized spacial score (nSPS) is 20.9. The van der Waals surface area contributed by atoms with Gasteiger partial charge in [-0.3, -0.25) is 9.59 Å². The number of hydrogen-bond donors (Lipinski definition) is 1. The van der Waals surface area contributed by atoms with Crippen LogP contribution in [0, 0.1) is 42.9 Å². The molecule has 0 aliphatic carbocycles. The van der Waals surface area contributed by atoms with Gasteiger partial charge in [0, 0.05) is 37.4 Å². The summed E-state index contributed by atoms with van der Waals surface area (Å²) in [6.07, 6.45) is -3.27. The van der Waals surface area contributed by atoms with Crippen molar-refractivity contribution in [3.05, 3.63) is 64.2 Å². The van der Waals surface area contributed by atoms with Gasteiger partial charge in [-0.05, 0) is 68.4 Å². The Morgan fingerprint density at radius 3 is 2.33 bits per heavy atom. The molecule has 2 atom stereocenters. The number of carbonyl (C=O) groups is 2. The average Bonchev–Trinajstić information content (AvgIpc) is 3.29. The summed E-state index contributed by atoms with van der Waals surface area (Å²) < 4.78 is 40.4. The molecule has 2 heterocycles. The summed E-state index contributed by atoms with van der Waals surface area (Å²) >= 11 is 0. The van der Waals surface area contributed by atoms with Crippen molar-refractivity contribution in [2.24, 2.45) is 23.5 Å². The SMILES string of the molecule is Cc1ccc(C(=O)N2CCC([C@@H]3CN(c4ccc(C#N)c(C(F)(F)F)c4)C[C@H]3C(N)=O)CC2)c(C)c1. The molecule has 2 amide bonds. The van der Waals surface area contributed by atoms with Crippen LogP contribution in [0.25, 0.3) is 0 Å². The number of hydrogen-bond acceptors (Lipinski definition) is 4. The van der Waals surface area contributed by atoms with Crippen LogP contribution in [0.2, 0.25) is 0 Å². The van der Waals surface area contributed by atoms with Crippen LogP contribution in [0.5, 0.6) is 0 Å². The maximum atomic E-state index is 13.5. The largest absolute Gasteiger partial charge is 0.417 e. The van der Waals surface area contributed by atoms with Gasteiger partial charge in [-0.25, -0.2) is 0 Å². The molecule has 9 heteroatoms. The van der Waals surface area contributed by atoms with Gasteiger partial charge < -0.3 is 15.5 Å². The van der Waals surface area contributed by atoms with Gasteiger partial charge >= 0.3 is 6.18 Å². The molecule has 4 rings (SSSR count). The van der Waals surface area contributed by atoms with E-state index in [0.717, 1.165) is 17.2 Å². The summed E-state index contributed by atoms with van der Waals surface area (Å²) in [6.45, 7) is 5.62. The maximum absolute atomic E-state index is 13.5. The van der Waals surface area contributed by atoms with Crippen LogP contribution in [-0.2, 0) is 11.0 Å². The Bertz CT molecular complexity index is 1210. The molecule has 2 aromatic rings. The second-order valence-corrected chi connectivity index (χ2v) is 9.87. The lowest BCUT2D eigenvalue weighted by Crippen LogP contribution is -2.42. The monoisotopic (exact) mass is 498 g/mol. The number of aryl methyl sites for hydroxylation is 2. The van der Waals surface area contributed by atoms with Crippen molar-refractivity contribution in [1.82, 2.24) is 4.90 Å². The molecule has 190 valence electrons. The summed E-state index contributed by atoms with van der Waals surface area (Å²) in [6, 6.07) is 11.0. The Balaban J connectivity index is 1.48. The molecule has 2 aliphatic heterocycles. The molecule has 2 aliphatic rings. The number of amides is 2. The van der Waals surface area contributed by atoms with Crippen LogP contribution in [0.15, 0.2) is 36.4 Å². The highest BCUT2D eigenvalue weighted by molar-refractivity contribution is 5.95. The van der Waals surface area contributed by atoms with Crippen molar-refractivity contribution in [3.63, 3.8) is 0 Å². The molecule has 0 spiro atoms. The molecule has 0 radical (unpaired) electrons. The van der Waals surface area contributed by atoms with Crippen LogP contribution in [-0.4, -0.2) is 42.9 Å². The van der Waals surface area contributed by atoms with Gasteiger partial charge in [0.2, 0.25) is 5.91 Å². The van der Waals surface area contributed by atoms with Crippen LogP contribution in [0.1, 0.15) is 45.5 Å². The minimum Gasteiger partial charge on any atom is -0.370 e. The lowest BCUT2D eigenvalue weighted by atomic mass is 9.78. The number of anilines is 1. The molecule has 0 saturated carbocycles. The topological polar surface area (TPSA) is 90.4 Å². The number of benzene rings is 2.